The molecular weight excluding hydrogens is 256 g/mol. The van der Waals surface area contributed by atoms with E-state index in [0.717, 1.165) is 12.8 Å². The Balaban J connectivity index is 2.00. The molecule has 0 N–H and O–H groups in total. The van der Waals surface area contributed by atoms with Crippen molar-refractivity contribution in [2.75, 3.05) is 0 Å². The molecule has 2 aromatic rings. The van der Waals surface area contributed by atoms with Crippen molar-refractivity contribution in [2.24, 2.45) is 5.41 Å². The minimum atomic E-state index is -0.897. The van der Waals surface area contributed by atoms with Gasteiger partial charge in [0.1, 0.15) is 5.41 Å². The third kappa shape index (κ3) is 4.20. The Labute approximate surface area is 126 Å². The first-order valence-corrected chi connectivity index (χ1v) is 7.18. The van der Waals surface area contributed by atoms with E-state index in [0.29, 0.717) is 12.8 Å². The van der Waals surface area contributed by atoms with Crippen LogP contribution in [0.4, 0.5) is 0 Å². The molecule has 2 heteroatoms. The lowest BCUT2D eigenvalue weighted by Gasteiger charge is -2.18. The van der Waals surface area contributed by atoms with Gasteiger partial charge in [-0.05, 0) is 36.8 Å². The fourth-order valence-corrected chi connectivity index (χ4v) is 2.38. The van der Waals surface area contributed by atoms with E-state index in [1.54, 1.807) is 0 Å². The van der Waals surface area contributed by atoms with E-state index < -0.39 is 5.41 Å². The predicted molar refractivity (Wildman–Crippen MR) is 83.2 cm³/mol. The second-order valence-electron chi connectivity index (χ2n) is 5.28. The fourth-order valence-electron chi connectivity index (χ4n) is 2.38. The molecule has 2 rings (SSSR count). The van der Waals surface area contributed by atoms with Gasteiger partial charge in [0, 0.05) is 0 Å². The van der Waals surface area contributed by atoms with Crippen LogP contribution in [-0.2, 0) is 12.8 Å². The van der Waals surface area contributed by atoms with Gasteiger partial charge in [-0.15, -0.1) is 0 Å². The average Bonchev–Trinajstić information content (AvgIpc) is 2.58. The number of rotatable bonds is 6. The molecule has 104 valence electrons. The molecule has 0 unspecified atom stereocenters. The van der Waals surface area contributed by atoms with E-state index in [4.69, 9.17) is 0 Å². The summed E-state index contributed by atoms with van der Waals surface area (Å²) in [4.78, 5) is 0. The van der Waals surface area contributed by atoms with Gasteiger partial charge in [0.15, 0.2) is 0 Å². The molecule has 0 atom stereocenters. The smallest absolute Gasteiger partial charge is 0.144 e. The summed E-state index contributed by atoms with van der Waals surface area (Å²) < 4.78 is 0. The van der Waals surface area contributed by atoms with Crippen LogP contribution in [0.3, 0.4) is 0 Å². The summed E-state index contributed by atoms with van der Waals surface area (Å²) in [6, 6.07) is 24.5. The summed E-state index contributed by atoms with van der Waals surface area (Å²) in [6.07, 6.45) is 2.68. The maximum Gasteiger partial charge on any atom is 0.144 e. The first-order valence-electron chi connectivity index (χ1n) is 7.18. The number of hydrogen-bond acceptors (Lipinski definition) is 2. The van der Waals surface area contributed by atoms with E-state index in [1.165, 1.54) is 11.1 Å². The molecule has 0 saturated heterocycles. The highest BCUT2D eigenvalue weighted by atomic mass is 14.4. The first-order chi connectivity index (χ1) is 10.3. The van der Waals surface area contributed by atoms with Crippen molar-refractivity contribution in [1.29, 1.82) is 10.5 Å². The molecule has 2 nitrogen and oxygen atoms in total. The van der Waals surface area contributed by atoms with Crippen molar-refractivity contribution in [3.8, 4) is 12.1 Å². The van der Waals surface area contributed by atoms with Crippen molar-refractivity contribution in [3.05, 3.63) is 71.8 Å². The second kappa shape index (κ2) is 7.27. The molecule has 21 heavy (non-hydrogen) atoms. The van der Waals surface area contributed by atoms with Crippen molar-refractivity contribution in [3.63, 3.8) is 0 Å². The second-order valence-corrected chi connectivity index (χ2v) is 5.28. The van der Waals surface area contributed by atoms with Crippen molar-refractivity contribution in [2.45, 2.75) is 25.7 Å². The summed E-state index contributed by atoms with van der Waals surface area (Å²) in [5.41, 5.74) is 1.45. The van der Waals surface area contributed by atoms with Crippen molar-refractivity contribution < 1.29 is 0 Å². The Morgan fingerprint density at radius 3 is 1.38 bits per heavy atom. The van der Waals surface area contributed by atoms with Crippen LogP contribution in [0.2, 0.25) is 0 Å². The minimum Gasteiger partial charge on any atom is -0.197 e. The van der Waals surface area contributed by atoms with Crippen LogP contribution in [0.5, 0.6) is 0 Å². The number of nitriles is 2. The molecule has 0 radical (unpaired) electrons. The Kier molecular flexibility index (Phi) is 5.13. The Bertz CT molecular complexity index is 573. The molecule has 0 aliphatic carbocycles. The maximum absolute atomic E-state index is 9.46. The van der Waals surface area contributed by atoms with Crippen LogP contribution >= 0.6 is 0 Å². The molecular formula is C19H18N2. The van der Waals surface area contributed by atoms with Gasteiger partial charge < -0.3 is 0 Å². The number of benzene rings is 2. The fraction of sp³-hybridized carbons (Fsp3) is 0.263. The largest absolute Gasteiger partial charge is 0.197 e. The van der Waals surface area contributed by atoms with Gasteiger partial charge in [-0.3, -0.25) is 0 Å². The highest BCUT2D eigenvalue weighted by Crippen LogP contribution is 2.28. The standard InChI is InChI=1S/C19H18N2/c20-15-19(16-21,13-11-17-7-3-1-4-8-17)14-12-18-9-5-2-6-10-18/h1-10H,11-14H2. The summed E-state index contributed by atoms with van der Waals surface area (Å²) in [7, 11) is 0. The van der Waals surface area contributed by atoms with Gasteiger partial charge in [-0.25, -0.2) is 0 Å². The molecule has 0 aromatic heterocycles. The third-order valence-corrected chi connectivity index (χ3v) is 3.79. The van der Waals surface area contributed by atoms with E-state index in [-0.39, 0.29) is 0 Å². The predicted octanol–water partition coefficient (Wildman–Crippen LogP) is 4.29. The van der Waals surface area contributed by atoms with Crippen molar-refractivity contribution >= 4 is 0 Å². The monoisotopic (exact) mass is 274 g/mol. The Morgan fingerprint density at radius 1 is 0.667 bits per heavy atom. The lowest BCUT2D eigenvalue weighted by atomic mass is 9.80. The molecule has 0 aliphatic heterocycles. The van der Waals surface area contributed by atoms with Crippen molar-refractivity contribution in [1.82, 2.24) is 0 Å². The SMILES string of the molecule is N#CC(C#N)(CCc1ccccc1)CCc1ccccc1. The molecule has 0 bridgehead atoms. The topological polar surface area (TPSA) is 47.6 Å². The number of aryl methyl sites for hydroxylation is 2. The zero-order valence-corrected chi connectivity index (χ0v) is 12.0. The van der Waals surface area contributed by atoms with Crippen LogP contribution in [0, 0.1) is 28.1 Å². The normalized spacial score (nSPS) is 10.6. The molecule has 0 saturated carbocycles. The van der Waals surface area contributed by atoms with Crippen LogP contribution < -0.4 is 0 Å². The summed E-state index contributed by atoms with van der Waals surface area (Å²) in [5, 5.41) is 18.9. The lowest BCUT2D eigenvalue weighted by molar-refractivity contribution is 0.440. The van der Waals surface area contributed by atoms with Gasteiger partial charge in [0.2, 0.25) is 0 Å². The van der Waals surface area contributed by atoms with E-state index in [9.17, 15) is 10.5 Å². The number of nitrogens with zero attached hydrogens (tertiary/aromatic N) is 2. The summed E-state index contributed by atoms with van der Waals surface area (Å²) >= 11 is 0. The minimum absolute atomic E-state index is 0.580. The first kappa shape index (κ1) is 14.8. The molecule has 0 fully saturated rings. The zero-order chi connectivity index (χ0) is 15.0. The van der Waals surface area contributed by atoms with Gasteiger partial charge in [0.05, 0.1) is 12.1 Å². The third-order valence-electron chi connectivity index (χ3n) is 3.79. The summed E-state index contributed by atoms with van der Waals surface area (Å²) in [6.45, 7) is 0. The van der Waals surface area contributed by atoms with Gasteiger partial charge in [0.25, 0.3) is 0 Å². The maximum atomic E-state index is 9.46. The summed E-state index contributed by atoms with van der Waals surface area (Å²) in [5.74, 6) is 0. The lowest BCUT2D eigenvalue weighted by Crippen LogP contribution is -2.18. The van der Waals surface area contributed by atoms with Crippen LogP contribution in [0.1, 0.15) is 24.0 Å². The van der Waals surface area contributed by atoms with E-state index in [1.807, 2.05) is 60.7 Å². The number of hydrogen-bond donors (Lipinski definition) is 0. The average molecular weight is 274 g/mol. The zero-order valence-electron chi connectivity index (χ0n) is 12.0. The molecule has 0 amide bonds. The molecule has 0 aliphatic rings. The highest BCUT2D eigenvalue weighted by Gasteiger charge is 2.29. The van der Waals surface area contributed by atoms with E-state index in [2.05, 4.69) is 12.1 Å². The molecule has 0 spiro atoms. The van der Waals surface area contributed by atoms with Crippen LogP contribution in [-0.4, -0.2) is 0 Å². The van der Waals surface area contributed by atoms with E-state index >= 15 is 0 Å². The Morgan fingerprint density at radius 2 is 1.05 bits per heavy atom. The van der Waals surface area contributed by atoms with Gasteiger partial charge in [-0.2, -0.15) is 10.5 Å². The Hall–Kier alpha value is -2.58. The molecule has 0 heterocycles. The molecule has 2 aromatic carbocycles. The van der Waals surface area contributed by atoms with Crippen LogP contribution in [0.15, 0.2) is 60.7 Å². The van der Waals surface area contributed by atoms with Gasteiger partial charge >= 0.3 is 0 Å². The van der Waals surface area contributed by atoms with Crippen LogP contribution in [0.25, 0.3) is 0 Å². The van der Waals surface area contributed by atoms with Gasteiger partial charge in [-0.1, -0.05) is 60.7 Å². The quantitative estimate of drug-likeness (QED) is 0.789. The highest BCUT2D eigenvalue weighted by molar-refractivity contribution is 5.21.